The number of hydrogen-bond acceptors (Lipinski definition) is 4. The number of aromatic nitrogens is 2. The smallest absolute Gasteiger partial charge is 0.391 e. The fourth-order valence-corrected chi connectivity index (χ4v) is 3.00. The van der Waals surface area contributed by atoms with Crippen LogP contribution in [0.1, 0.15) is 17.8 Å². The molecule has 2 atom stereocenters. The van der Waals surface area contributed by atoms with E-state index in [4.69, 9.17) is 11.6 Å². The lowest BCUT2D eigenvalue weighted by atomic mass is 10.0. The lowest BCUT2D eigenvalue weighted by Gasteiger charge is -2.13. The summed E-state index contributed by atoms with van der Waals surface area (Å²) in [7, 11) is 3.17. The fourth-order valence-electron chi connectivity index (χ4n) is 2.66. The number of likely N-dealkylation sites (tertiary alicyclic amines) is 1. The second kappa shape index (κ2) is 6.66. The first-order valence-electron chi connectivity index (χ1n) is 7.01. The molecule has 1 saturated heterocycles. The van der Waals surface area contributed by atoms with Crippen molar-refractivity contribution in [1.82, 2.24) is 20.0 Å². The molecule has 0 aromatic carbocycles. The van der Waals surface area contributed by atoms with E-state index in [1.165, 1.54) is 7.05 Å². The summed E-state index contributed by atoms with van der Waals surface area (Å²) >= 11 is 5.71. The normalized spacial score (nSPS) is 22.6. The number of halogens is 4. The first-order chi connectivity index (χ1) is 10.6. The predicted octanol–water partition coefficient (Wildman–Crippen LogP) is 1.02. The average molecular weight is 355 g/mol. The molecule has 1 aromatic heterocycles. The van der Waals surface area contributed by atoms with Gasteiger partial charge in [-0.25, -0.2) is 0 Å². The third kappa shape index (κ3) is 4.15. The molecule has 2 N–H and O–H groups in total. The monoisotopic (exact) mass is 354 g/mol. The van der Waals surface area contributed by atoms with E-state index in [0.717, 1.165) is 4.68 Å². The molecule has 0 saturated carbocycles. The predicted molar refractivity (Wildman–Crippen MR) is 76.7 cm³/mol. The van der Waals surface area contributed by atoms with E-state index in [0.29, 0.717) is 13.1 Å². The molecule has 1 aliphatic heterocycles. The largest absolute Gasteiger partial charge is 0.436 e. The topological polar surface area (TPSA) is 70.4 Å². The zero-order valence-electron chi connectivity index (χ0n) is 12.7. The Hall–Kier alpha value is -1.32. The molecule has 23 heavy (non-hydrogen) atoms. The lowest BCUT2D eigenvalue weighted by Crippen LogP contribution is -2.29. The van der Waals surface area contributed by atoms with E-state index in [2.05, 4.69) is 10.4 Å². The van der Waals surface area contributed by atoms with Crippen LogP contribution >= 0.6 is 11.6 Å². The van der Waals surface area contributed by atoms with Gasteiger partial charge in [-0.05, 0) is 7.05 Å². The minimum atomic E-state index is -4.64. The summed E-state index contributed by atoms with van der Waals surface area (Å²) in [5.74, 6) is -0.539. The number of nitrogens with zero attached hydrogens (tertiary/aromatic N) is 3. The van der Waals surface area contributed by atoms with Crippen molar-refractivity contribution in [2.75, 3.05) is 20.1 Å². The second-order valence-electron chi connectivity index (χ2n) is 5.76. The molecule has 0 aliphatic carbocycles. The summed E-state index contributed by atoms with van der Waals surface area (Å²) in [5.41, 5.74) is -1.09. The highest BCUT2D eigenvalue weighted by molar-refractivity contribution is 6.32. The fraction of sp³-hybridized carbons (Fsp3) is 0.692. The maximum Gasteiger partial charge on any atom is 0.436 e. The number of carbonyl (C=O) groups excluding carboxylic acids is 1. The Kier molecular flexibility index (Phi) is 5.22. The molecule has 0 bridgehead atoms. The number of alkyl halides is 3. The molecule has 130 valence electrons. The van der Waals surface area contributed by atoms with Gasteiger partial charge in [-0.15, -0.1) is 0 Å². The van der Waals surface area contributed by atoms with E-state index in [-0.39, 0.29) is 30.5 Å². The van der Waals surface area contributed by atoms with Gasteiger partial charge in [-0.2, -0.15) is 18.3 Å². The van der Waals surface area contributed by atoms with Crippen LogP contribution in [0.4, 0.5) is 13.2 Å². The maximum absolute atomic E-state index is 12.7. The molecule has 2 rings (SSSR count). The van der Waals surface area contributed by atoms with Crippen LogP contribution < -0.4 is 5.32 Å². The molecule has 10 heteroatoms. The van der Waals surface area contributed by atoms with Gasteiger partial charge in [0.2, 0.25) is 5.91 Å². The molecule has 0 unspecified atom stereocenters. The minimum Gasteiger partial charge on any atom is -0.391 e. The van der Waals surface area contributed by atoms with Gasteiger partial charge in [-0.1, -0.05) is 11.6 Å². The summed E-state index contributed by atoms with van der Waals surface area (Å²) in [6.45, 7) is 0.940. The number of nitrogens with one attached hydrogen (secondary N) is 1. The molecule has 1 aromatic rings. The van der Waals surface area contributed by atoms with E-state index in [1.807, 2.05) is 11.9 Å². The Morgan fingerprint density at radius 1 is 1.43 bits per heavy atom. The standard InChI is InChI=1S/C13H18ClF3N4O2/c1-20-5-7(9(22)6-20)3-10(23)18-4-8-11(14)12(13(15,16)17)19-21(8)2/h7,9,22H,3-6H2,1-2H3,(H,18,23)/t7-,9-/m1/s1. The third-order valence-electron chi connectivity index (χ3n) is 3.86. The highest BCUT2D eigenvalue weighted by Gasteiger charge is 2.38. The van der Waals surface area contributed by atoms with Crippen molar-refractivity contribution in [3.63, 3.8) is 0 Å². The van der Waals surface area contributed by atoms with Crippen molar-refractivity contribution in [3.05, 3.63) is 16.4 Å². The molecule has 1 amide bonds. The maximum atomic E-state index is 12.7. The Morgan fingerprint density at radius 2 is 2.09 bits per heavy atom. The van der Waals surface area contributed by atoms with Gasteiger partial charge in [0.15, 0.2) is 5.69 Å². The van der Waals surface area contributed by atoms with Crippen LogP contribution in [0.5, 0.6) is 0 Å². The van der Waals surface area contributed by atoms with Crippen LogP contribution in [0.15, 0.2) is 0 Å². The van der Waals surface area contributed by atoms with Gasteiger partial charge in [0.05, 0.1) is 23.4 Å². The Labute approximate surface area is 136 Å². The highest BCUT2D eigenvalue weighted by Crippen LogP contribution is 2.35. The molecular weight excluding hydrogens is 337 g/mol. The van der Waals surface area contributed by atoms with E-state index in [9.17, 15) is 23.1 Å². The van der Waals surface area contributed by atoms with Crippen LogP contribution in [0, 0.1) is 5.92 Å². The number of likely N-dealkylation sites (N-methyl/N-ethyl adjacent to an activating group) is 1. The Morgan fingerprint density at radius 3 is 2.57 bits per heavy atom. The van der Waals surface area contributed by atoms with Crippen molar-refractivity contribution >= 4 is 17.5 Å². The van der Waals surface area contributed by atoms with Gasteiger partial charge in [0.1, 0.15) is 0 Å². The number of amides is 1. The van der Waals surface area contributed by atoms with Gasteiger partial charge in [-0.3, -0.25) is 9.48 Å². The van der Waals surface area contributed by atoms with Gasteiger partial charge in [0.25, 0.3) is 0 Å². The van der Waals surface area contributed by atoms with Crippen LogP contribution in [-0.2, 0) is 24.6 Å². The number of hydrogen-bond donors (Lipinski definition) is 2. The second-order valence-corrected chi connectivity index (χ2v) is 6.14. The quantitative estimate of drug-likeness (QED) is 0.847. The van der Waals surface area contributed by atoms with Crippen LogP contribution in [0.3, 0.4) is 0 Å². The number of rotatable bonds is 4. The minimum absolute atomic E-state index is 0.0800. The van der Waals surface area contributed by atoms with Crippen LogP contribution in [0.25, 0.3) is 0 Å². The SMILES string of the molecule is CN1C[C@@H](CC(=O)NCc2c(Cl)c(C(F)(F)F)nn2C)[C@H](O)C1. The number of β-amino-alcohol motifs (C(OH)–C–C–N with tert-alkyl or cyclic N) is 1. The summed E-state index contributed by atoms with van der Waals surface area (Å²) in [6.07, 6.45) is -5.12. The van der Waals surface area contributed by atoms with Crippen molar-refractivity contribution in [3.8, 4) is 0 Å². The van der Waals surface area contributed by atoms with E-state index in [1.54, 1.807) is 0 Å². The van der Waals surface area contributed by atoms with Crippen LogP contribution in [-0.4, -0.2) is 51.9 Å². The van der Waals surface area contributed by atoms with E-state index >= 15 is 0 Å². The van der Waals surface area contributed by atoms with Gasteiger partial charge >= 0.3 is 6.18 Å². The molecular formula is C13H18ClF3N4O2. The molecule has 2 heterocycles. The molecule has 1 fully saturated rings. The summed E-state index contributed by atoms with van der Waals surface area (Å²) in [6, 6.07) is 0. The lowest BCUT2D eigenvalue weighted by molar-refractivity contribution is -0.141. The van der Waals surface area contributed by atoms with Gasteiger partial charge in [0, 0.05) is 32.5 Å². The van der Waals surface area contributed by atoms with Crippen molar-refractivity contribution in [2.45, 2.75) is 25.2 Å². The summed E-state index contributed by atoms with van der Waals surface area (Å²) in [4.78, 5) is 13.8. The summed E-state index contributed by atoms with van der Waals surface area (Å²) in [5, 5.41) is 15.2. The first-order valence-corrected chi connectivity index (χ1v) is 7.39. The molecule has 1 aliphatic rings. The molecule has 6 nitrogen and oxygen atoms in total. The first kappa shape index (κ1) is 18.0. The zero-order valence-corrected chi connectivity index (χ0v) is 13.4. The van der Waals surface area contributed by atoms with Crippen molar-refractivity contribution in [2.24, 2.45) is 13.0 Å². The highest BCUT2D eigenvalue weighted by atomic mass is 35.5. The van der Waals surface area contributed by atoms with Gasteiger partial charge < -0.3 is 15.3 Å². The van der Waals surface area contributed by atoms with Crippen molar-refractivity contribution in [1.29, 1.82) is 0 Å². The van der Waals surface area contributed by atoms with E-state index < -0.39 is 23.0 Å². The number of carbonyl (C=O) groups is 1. The number of aliphatic hydroxyl groups excluding tert-OH is 1. The summed E-state index contributed by atoms with van der Waals surface area (Å²) < 4.78 is 39.1. The van der Waals surface area contributed by atoms with Crippen LogP contribution in [0.2, 0.25) is 5.02 Å². The molecule has 0 radical (unpaired) electrons. The number of aryl methyl sites for hydroxylation is 1. The zero-order chi connectivity index (χ0) is 17.4. The van der Waals surface area contributed by atoms with Crippen molar-refractivity contribution < 1.29 is 23.1 Å². The number of aliphatic hydroxyl groups is 1. The Bertz CT molecular complexity index is 591. The molecule has 0 spiro atoms. The average Bonchev–Trinajstić information content (AvgIpc) is 2.87. The Balaban J connectivity index is 1.96. The third-order valence-corrected chi connectivity index (χ3v) is 4.26.